The molecule has 0 aliphatic heterocycles. The van der Waals surface area contributed by atoms with Crippen molar-refractivity contribution in [2.45, 2.75) is 26.7 Å². The van der Waals surface area contributed by atoms with Gasteiger partial charge < -0.3 is 5.32 Å². The predicted molar refractivity (Wildman–Crippen MR) is 79.0 cm³/mol. The second-order valence-corrected chi connectivity index (χ2v) is 4.63. The van der Waals surface area contributed by atoms with Gasteiger partial charge in [0.15, 0.2) is 0 Å². The van der Waals surface area contributed by atoms with E-state index in [1.165, 1.54) is 5.56 Å². The zero-order valence-corrected chi connectivity index (χ0v) is 11.5. The average molecular weight is 254 g/mol. The van der Waals surface area contributed by atoms with Crippen LogP contribution in [-0.4, -0.2) is 15.8 Å². The first-order chi connectivity index (χ1) is 9.16. The first-order valence-corrected chi connectivity index (χ1v) is 6.34. The standard InChI is InChI=1S/C15H18N4/c1-11(2)13-6-4-5-7-14(13)18-12(3)19-15-10-16-8-9-17-15/h4-11H,1-3H3,(H,17,18,19). The predicted octanol–water partition coefficient (Wildman–Crippen LogP) is 3.76. The van der Waals surface area contributed by atoms with Crippen LogP contribution < -0.4 is 5.32 Å². The van der Waals surface area contributed by atoms with Gasteiger partial charge in [-0.1, -0.05) is 32.0 Å². The summed E-state index contributed by atoms with van der Waals surface area (Å²) >= 11 is 0. The molecule has 98 valence electrons. The van der Waals surface area contributed by atoms with Crippen LogP contribution in [0.5, 0.6) is 0 Å². The normalized spacial score (nSPS) is 11.7. The van der Waals surface area contributed by atoms with Crippen molar-refractivity contribution in [2.75, 3.05) is 5.32 Å². The summed E-state index contributed by atoms with van der Waals surface area (Å²) in [6.45, 7) is 6.26. The number of rotatable bonds is 3. The van der Waals surface area contributed by atoms with E-state index in [0.717, 1.165) is 11.5 Å². The Kier molecular flexibility index (Phi) is 4.23. The molecule has 1 aromatic heterocycles. The summed E-state index contributed by atoms with van der Waals surface area (Å²) in [5.41, 5.74) is 2.23. The number of anilines is 1. The fourth-order valence-electron chi connectivity index (χ4n) is 1.84. The minimum Gasteiger partial charge on any atom is -0.327 e. The van der Waals surface area contributed by atoms with Gasteiger partial charge in [0.2, 0.25) is 0 Å². The van der Waals surface area contributed by atoms with Crippen molar-refractivity contribution in [1.82, 2.24) is 9.97 Å². The second kappa shape index (κ2) is 6.09. The van der Waals surface area contributed by atoms with Crippen LogP contribution >= 0.6 is 0 Å². The molecule has 19 heavy (non-hydrogen) atoms. The molecule has 4 heteroatoms. The maximum atomic E-state index is 4.61. The van der Waals surface area contributed by atoms with Crippen LogP contribution in [0.3, 0.4) is 0 Å². The third-order valence-electron chi connectivity index (χ3n) is 2.72. The third kappa shape index (κ3) is 3.61. The Balaban J connectivity index is 2.21. The molecule has 1 heterocycles. The van der Waals surface area contributed by atoms with E-state index >= 15 is 0 Å². The number of para-hydroxylation sites is 1. The van der Waals surface area contributed by atoms with Crippen molar-refractivity contribution >= 4 is 17.3 Å². The van der Waals surface area contributed by atoms with E-state index in [-0.39, 0.29) is 0 Å². The lowest BCUT2D eigenvalue weighted by Crippen LogP contribution is -2.08. The zero-order valence-electron chi connectivity index (χ0n) is 11.5. The van der Waals surface area contributed by atoms with Crippen LogP contribution in [0.2, 0.25) is 0 Å². The summed E-state index contributed by atoms with van der Waals surface area (Å²) in [6.07, 6.45) is 4.97. The molecule has 0 aliphatic carbocycles. The summed E-state index contributed by atoms with van der Waals surface area (Å²) in [4.78, 5) is 12.8. The molecule has 1 N–H and O–H groups in total. The minimum atomic E-state index is 0.448. The Hall–Kier alpha value is -2.23. The van der Waals surface area contributed by atoms with E-state index in [1.54, 1.807) is 18.6 Å². The summed E-state index contributed by atoms with van der Waals surface area (Å²) in [7, 11) is 0. The molecule has 2 aromatic rings. The SMILES string of the molecule is C/C(=N\c1ccccc1C(C)C)Nc1cnccn1. The van der Waals surface area contributed by atoms with E-state index in [4.69, 9.17) is 0 Å². The first-order valence-electron chi connectivity index (χ1n) is 6.34. The van der Waals surface area contributed by atoms with Crippen molar-refractivity contribution < 1.29 is 0 Å². The molecule has 0 saturated heterocycles. The first kappa shape index (κ1) is 13.2. The number of benzene rings is 1. The van der Waals surface area contributed by atoms with Crippen molar-refractivity contribution in [3.05, 3.63) is 48.4 Å². The van der Waals surface area contributed by atoms with Crippen LogP contribution in [0.4, 0.5) is 11.5 Å². The quantitative estimate of drug-likeness (QED) is 0.670. The van der Waals surface area contributed by atoms with Gasteiger partial charge >= 0.3 is 0 Å². The molecule has 0 amide bonds. The largest absolute Gasteiger partial charge is 0.327 e. The lowest BCUT2D eigenvalue weighted by atomic mass is 10.0. The van der Waals surface area contributed by atoms with Gasteiger partial charge in [0.25, 0.3) is 0 Å². The van der Waals surface area contributed by atoms with Crippen molar-refractivity contribution in [3.8, 4) is 0 Å². The Morgan fingerprint density at radius 2 is 2.00 bits per heavy atom. The smallest absolute Gasteiger partial charge is 0.149 e. The van der Waals surface area contributed by atoms with Crippen LogP contribution in [0.25, 0.3) is 0 Å². The highest BCUT2D eigenvalue weighted by Gasteiger charge is 2.05. The molecule has 2 rings (SSSR count). The fourth-order valence-corrected chi connectivity index (χ4v) is 1.84. The van der Waals surface area contributed by atoms with Crippen molar-refractivity contribution in [2.24, 2.45) is 4.99 Å². The van der Waals surface area contributed by atoms with Crippen LogP contribution in [0.15, 0.2) is 47.8 Å². The number of aliphatic imine (C=N–C) groups is 1. The van der Waals surface area contributed by atoms with E-state index in [0.29, 0.717) is 11.7 Å². The highest BCUT2D eigenvalue weighted by Crippen LogP contribution is 2.26. The van der Waals surface area contributed by atoms with E-state index in [2.05, 4.69) is 40.2 Å². The number of hydrogen-bond donors (Lipinski definition) is 1. The highest BCUT2D eigenvalue weighted by molar-refractivity contribution is 5.94. The molecule has 0 saturated carbocycles. The second-order valence-electron chi connectivity index (χ2n) is 4.63. The van der Waals surface area contributed by atoms with Gasteiger partial charge in [0, 0.05) is 12.4 Å². The Morgan fingerprint density at radius 3 is 2.68 bits per heavy atom. The average Bonchev–Trinajstić information content (AvgIpc) is 2.40. The Bertz CT molecular complexity index is 561. The van der Waals surface area contributed by atoms with Crippen LogP contribution in [0, 0.1) is 0 Å². The van der Waals surface area contributed by atoms with Gasteiger partial charge in [-0.15, -0.1) is 0 Å². The number of nitrogens with one attached hydrogen (secondary N) is 1. The van der Waals surface area contributed by atoms with Crippen LogP contribution in [-0.2, 0) is 0 Å². The van der Waals surface area contributed by atoms with Gasteiger partial charge in [0.1, 0.15) is 11.7 Å². The molecule has 0 radical (unpaired) electrons. The Labute approximate surface area is 113 Å². The molecular formula is C15H18N4. The molecule has 0 bridgehead atoms. The molecule has 0 aliphatic rings. The third-order valence-corrected chi connectivity index (χ3v) is 2.72. The summed E-state index contributed by atoms with van der Waals surface area (Å²) in [5.74, 6) is 1.95. The molecule has 0 unspecified atom stereocenters. The van der Waals surface area contributed by atoms with Gasteiger partial charge in [0.05, 0.1) is 11.9 Å². The topological polar surface area (TPSA) is 50.2 Å². The van der Waals surface area contributed by atoms with E-state index in [9.17, 15) is 0 Å². The van der Waals surface area contributed by atoms with Gasteiger partial charge in [-0.2, -0.15) is 0 Å². The van der Waals surface area contributed by atoms with Crippen molar-refractivity contribution in [3.63, 3.8) is 0 Å². The maximum Gasteiger partial charge on any atom is 0.149 e. The lowest BCUT2D eigenvalue weighted by molar-refractivity contribution is 0.867. The number of aromatic nitrogens is 2. The molecule has 1 aromatic carbocycles. The summed E-state index contributed by atoms with van der Waals surface area (Å²) < 4.78 is 0. The van der Waals surface area contributed by atoms with Gasteiger partial charge in [-0.3, -0.25) is 4.98 Å². The fraction of sp³-hybridized carbons (Fsp3) is 0.267. The zero-order chi connectivity index (χ0) is 13.7. The summed E-state index contributed by atoms with van der Waals surface area (Å²) in [5, 5.41) is 3.13. The highest BCUT2D eigenvalue weighted by atomic mass is 15.1. The lowest BCUT2D eigenvalue weighted by Gasteiger charge is -2.10. The Morgan fingerprint density at radius 1 is 1.21 bits per heavy atom. The molecule has 0 atom stereocenters. The van der Waals surface area contributed by atoms with Gasteiger partial charge in [-0.25, -0.2) is 9.98 Å². The minimum absolute atomic E-state index is 0.448. The van der Waals surface area contributed by atoms with Crippen LogP contribution in [0.1, 0.15) is 32.3 Å². The number of nitrogens with zero attached hydrogens (tertiary/aromatic N) is 3. The monoisotopic (exact) mass is 254 g/mol. The van der Waals surface area contributed by atoms with E-state index in [1.807, 2.05) is 25.1 Å². The molecule has 0 fully saturated rings. The molecular weight excluding hydrogens is 236 g/mol. The van der Waals surface area contributed by atoms with E-state index < -0.39 is 0 Å². The maximum absolute atomic E-state index is 4.61. The molecule has 4 nitrogen and oxygen atoms in total. The number of amidine groups is 1. The van der Waals surface area contributed by atoms with Crippen molar-refractivity contribution in [1.29, 1.82) is 0 Å². The summed E-state index contributed by atoms with van der Waals surface area (Å²) in [6, 6.07) is 8.18. The molecule has 0 spiro atoms. The number of hydrogen-bond acceptors (Lipinski definition) is 3. The van der Waals surface area contributed by atoms with Gasteiger partial charge in [-0.05, 0) is 24.5 Å².